The highest BCUT2D eigenvalue weighted by Gasteiger charge is 2.11. The third kappa shape index (κ3) is 3.65. The number of rotatable bonds is 6. The summed E-state index contributed by atoms with van der Waals surface area (Å²) in [6, 6.07) is 13.0. The number of amides is 1. The fourth-order valence-electron chi connectivity index (χ4n) is 2.32. The molecule has 124 valence electrons. The van der Waals surface area contributed by atoms with Gasteiger partial charge in [0.2, 0.25) is 0 Å². The Kier molecular flexibility index (Phi) is 4.65. The van der Waals surface area contributed by atoms with Crippen LogP contribution in [0.3, 0.4) is 0 Å². The number of aryl methyl sites for hydroxylation is 1. The molecule has 1 aromatic carbocycles. The van der Waals surface area contributed by atoms with Crippen LogP contribution in [0, 0.1) is 6.92 Å². The second kappa shape index (κ2) is 7.04. The maximum absolute atomic E-state index is 12.2. The average Bonchev–Trinajstić information content (AvgIpc) is 3.23. The highest BCUT2D eigenvalue weighted by Crippen LogP contribution is 2.21. The van der Waals surface area contributed by atoms with E-state index in [1.165, 1.54) is 0 Å². The molecule has 0 spiro atoms. The van der Waals surface area contributed by atoms with Gasteiger partial charge in [-0.05, 0) is 56.3 Å². The number of carbonyl (C=O) groups is 1. The smallest absolute Gasteiger partial charge is 0.269 e. The summed E-state index contributed by atoms with van der Waals surface area (Å²) in [7, 11) is 0. The lowest BCUT2D eigenvalue weighted by atomic mass is 10.1. The summed E-state index contributed by atoms with van der Waals surface area (Å²) in [5, 5.41) is 9.75. The van der Waals surface area contributed by atoms with Crippen molar-refractivity contribution in [1.82, 2.24) is 15.5 Å². The molecule has 0 saturated heterocycles. The number of nitrogens with one attached hydrogen (secondary N) is 2. The number of H-pyrrole nitrogens is 1. The zero-order valence-corrected chi connectivity index (χ0v) is 13.6. The summed E-state index contributed by atoms with van der Waals surface area (Å²) in [5.41, 5.74) is 2.02. The number of benzene rings is 1. The van der Waals surface area contributed by atoms with Gasteiger partial charge in [-0.3, -0.25) is 9.89 Å². The Balaban J connectivity index is 1.64. The Morgan fingerprint density at radius 1 is 1.25 bits per heavy atom. The molecule has 0 unspecified atom stereocenters. The van der Waals surface area contributed by atoms with Gasteiger partial charge in [0.15, 0.2) is 0 Å². The van der Waals surface area contributed by atoms with Crippen LogP contribution in [0.4, 0.5) is 0 Å². The highest BCUT2D eigenvalue weighted by molar-refractivity contribution is 5.93. The van der Waals surface area contributed by atoms with Gasteiger partial charge in [0.1, 0.15) is 23.0 Å². The first-order chi connectivity index (χ1) is 11.7. The predicted molar refractivity (Wildman–Crippen MR) is 89.8 cm³/mol. The van der Waals surface area contributed by atoms with Gasteiger partial charge >= 0.3 is 0 Å². The SMILES string of the molecule is CCOc1ccc(-c2cc(C(=O)NCc3ccc(C)o3)[nH]n2)cc1. The third-order valence-corrected chi connectivity index (χ3v) is 3.50. The summed E-state index contributed by atoms with van der Waals surface area (Å²) < 4.78 is 10.8. The van der Waals surface area contributed by atoms with E-state index in [2.05, 4.69) is 15.5 Å². The topological polar surface area (TPSA) is 80.1 Å². The van der Waals surface area contributed by atoms with E-state index in [1.807, 2.05) is 50.2 Å². The number of aromatic amines is 1. The van der Waals surface area contributed by atoms with Crippen molar-refractivity contribution in [3.63, 3.8) is 0 Å². The average molecular weight is 325 g/mol. The molecule has 0 aliphatic rings. The van der Waals surface area contributed by atoms with E-state index in [1.54, 1.807) is 6.07 Å². The molecule has 1 amide bonds. The molecule has 0 fully saturated rings. The van der Waals surface area contributed by atoms with Crippen LogP contribution in [0.15, 0.2) is 46.9 Å². The molecule has 0 aliphatic carbocycles. The lowest BCUT2D eigenvalue weighted by Crippen LogP contribution is -2.22. The van der Waals surface area contributed by atoms with Crippen LogP contribution < -0.4 is 10.1 Å². The molecule has 2 heterocycles. The van der Waals surface area contributed by atoms with Crippen molar-refractivity contribution < 1.29 is 13.9 Å². The standard InChI is InChI=1S/C18H19N3O3/c1-3-23-14-8-5-13(6-9-14)16-10-17(21-20-16)18(22)19-11-15-7-4-12(2)24-15/h4-10H,3,11H2,1-2H3,(H,19,22)(H,20,21). The largest absolute Gasteiger partial charge is 0.494 e. The van der Waals surface area contributed by atoms with Crippen LogP contribution in [0.2, 0.25) is 0 Å². The Morgan fingerprint density at radius 2 is 2.04 bits per heavy atom. The van der Waals surface area contributed by atoms with Crippen LogP contribution >= 0.6 is 0 Å². The first-order valence-corrected chi connectivity index (χ1v) is 7.78. The van der Waals surface area contributed by atoms with Crippen molar-refractivity contribution in [3.8, 4) is 17.0 Å². The number of hydrogen-bond donors (Lipinski definition) is 2. The van der Waals surface area contributed by atoms with Crippen LogP contribution in [-0.4, -0.2) is 22.7 Å². The molecule has 0 atom stereocenters. The van der Waals surface area contributed by atoms with Gasteiger partial charge in [-0.2, -0.15) is 5.10 Å². The van der Waals surface area contributed by atoms with Crippen molar-refractivity contribution >= 4 is 5.91 Å². The quantitative estimate of drug-likeness (QED) is 0.728. The second-order valence-corrected chi connectivity index (χ2v) is 5.32. The van der Waals surface area contributed by atoms with Crippen molar-refractivity contribution in [3.05, 3.63) is 59.7 Å². The minimum Gasteiger partial charge on any atom is -0.494 e. The maximum atomic E-state index is 12.2. The van der Waals surface area contributed by atoms with Crippen LogP contribution in [0.25, 0.3) is 11.3 Å². The lowest BCUT2D eigenvalue weighted by Gasteiger charge is -2.03. The number of ether oxygens (including phenoxy) is 1. The third-order valence-electron chi connectivity index (χ3n) is 3.50. The van der Waals surface area contributed by atoms with E-state index in [0.717, 1.165) is 17.1 Å². The Bertz CT molecular complexity index is 818. The van der Waals surface area contributed by atoms with Gasteiger partial charge in [0, 0.05) is 5.56 Å². The molecule has 3 aromatic rings. The Hall–Kier alpha value is -3.02. The minimum absolute atomic E-state index is 0.228. The Labute approximate surface area is 139 Å². The number of hydrogen-bond acceptors (Lipinski definition) is 4. The molecule has 3 rings (SSSR count). The van der Waals surface area contributed by atoms with Crippen molar-refractivity contribution in [2.75, 3.05) is 6.61 Å². The molecule has 2 N–H and O–H groups in total. The van der Waals surface area contributed by atoms with Crippen LogP contribution in [0.1, 0.15) is 28.9 Å². The fraction of sp³-hybridized carbons (Fsp3) is 0.222. The first kappa shape index (κ1) is 15.9. The van der Waals surface area contributed by atoms with E-state index in [-0.39, 0.29) is 5.91 Å². The molecule has 6 nitrogen and oxygen atoms in total. The summed E-state index contributed by atoms with van der Waals surface area (Å²) in [5.74, 6) is 2.11. The van der Waals surface area contributed by atoms with E-state index in [4.69, 9.17) is 9.15 Å². The fourth-order valence-corrected chi connectivity index (χ4v) is 2.32. The van der Waals surface area contributed by atoms with Gasteiger partial charge in [-0.25, -0.2) is 0 Å². The van der Waals surface area contributed by atoms with E-state index < -0.39 is 0 Å². The summed E-state index contributed by atoms with van der Waals surface area (Å²) >= 11 is 0. The molecule has 24 heavy (non-hydrogen) atoms. The zero-order valence-electron chi connectivity index (χ0n) is 13.6. The molecular weight excluding hydrogens is 306 g/mol. The number of nitrogens with zero attached hydrogens (tertiary/aromatic N) is 1. The van der Waals surface area contributed by atoms with Crippen LogP contribution in [0.5, 0.6) is 5.75 Å². The first-order valence-electron chi connectivity index (χ1n) is 7.78. The predicted octanol–water partition coefficient (Wildman–Crippen LogP) is 3.31. The van der Waals surface area contributed by atoms with Gasteiger partial charge in [-0.1, -0.05) is 0 Å². The molecule has 0 saturated carbocycles. The zero-order chi connectivity index (χ0) is 16.9. The van der Waals surface area contributed by atoms with E-state index >= 15 is 0 Å². The molecule has 0 radical (unpaired) electrons. The number of furan rings is 1. The van der Waals surface area contributed by atoms with Gasteiger partial charge in [-0.15, -0.1) is 0 Å². The minimum atomic E-state index is -0.228. The van der Waals surface area contributed by atoms with Crippen molar-refractivity contribution in [1.29, 1.82) is 0 Å². The van der Waals surface area contributed by atoms with Crippen molar-refractivity contribution in [2.24, 2.45) is 0 Å². The molecule has 0 aliphatic heterocycles. The normalized spacial score (nSPS) is 10.6. The summed E-state index contributed by atoms with van der Waals surface area (Å²) in [6.07, 6.45) is 0. The molecular formula is C18H19N3O3. The lowest BCUT2D eigenvalue weighted by molar-refractivity contribution is 0.0943. The van der Waals surface area contributed by atoms with E-state index in [0.29, 0.717) is 30.3 Å². The number of aromatic nitrogens is 2. The summed E-state index contributed by atoms with van der Waals surface area (Å²) in [6.45, 7) is 4.77. The second-order valence-electron chi connectivity index (χ2n) is 5.32. The van der Waals surface area contributed by atoms with E-state index in [9.17, 15) is 4.79 Å². The maximum Gasteiger partial charge on any atom is 0.269 e. The van der Waals surface area contributed by atoms with Gasteiger partial charge in [0.25, 0.3) is 5.91 Å². The monoisotopic (exact) mass is 325 g/mol. The summed E-state index contributed by atoms with van der Waals surface area (Å²) in [4.78, 5) is 12.2. The van der Waals surface area contributed by atoms with Gasteiger partial charge in [0.05, 0.1) is 18.8 Å². The molecule has 0 bridgehead atoms. The van der Waals surface area contributed by atoms with Gasteiger partial charge < -0.3 is 14.5 Å². The number of carbonyl (C=O) groups excluding carboxylic acids is 1. The highest BCUT2D eigenvalue weighted by atomic mass is 16.5. The van der Waals surface area contributed by atoms with Crippen LogP contribution in [-0.2, 0) is 6.54 Å². The molecule has 2 aromatic heterocycles. The van der Waals surface area contributed by atoms with Crippen molar-refractivity contribution in [2.45, 2.75) is 20.4 Å². The molecule has 6 heteroatoms. The Morgan fingerprint density at radius 3 is 2.71 bits per heavy atom.